The molecule has 0 saturated carbocycles. The number of nitrogens with zero attached hydrogens (tertiary/aromatic N) is 4. The van der Waals surface area contributed by atoms with Gasteiger partial charge in [-0.15, -0.1) is 12.4 Å². The molecule has 0 aliphatic carbocycles. The summed E-state index contributed by atoms with van der Waals surface area (Å²) < 4.78 is 86.7. The van der Waals surface area contributed by atoms with Gasteiger partial charge in [-0.1, -0.05) is 78.1 Å². The largest absolute Gasteiger partial charge is 0.673 e. The summed E-state index contributed by atoms with van der Waals surface area (Å²) in [6.45, 7) is 6.89. The molecule has 244 valence electrons. The highest BCUT2D eigenvalue weighted by Gasteiger charge is 2.21. The van der Waals surface area contributed by atoms with Crippen molar-refractivity contribution in [3.63, 3.8) is 0 Å². The number of aromatic nitrogens is 4. The molecule has 41 heavy (non-hydrogen) atoms. The molecule has 2 heterocycles. The second-order valence-corrected chi connectivity index (χ2v) is 9.87. The van der Waals surface area contributed by atoms with Gasteiger partial charge in [-0.3, -0.25) is 0 Å². The second-order valence-electron chi connectivity index (χ2n) is 9.87. The van der Waals surface area contributed by atoms with Crippen molar-refractivity contribution < 1.29 is 43.7 Å². The van der Waals surface area contributed by atoms with E-state index in [2.05, 4.69) is 83.7 Å². The number of unbranched alkanes of at least 4 members (excludes halogenated alkanes) is 12. The molecule has 2 aromatic heterocycles. The van der Waals surface area contributed by atoms with E-state index in [4.69, 9.17) is 0 Å². The lowest BCUT2D eigenvalue weighted by Crippen LogP contribution is -2.23. The minimum absolute atomic E-state index is 0. The molecule has 0 N–H and O–H groups in total. The first kappa shape index (κ1) is 43.7. The highest BCUT2D eigenvalue weighted by Crippen LogP contribution is 2.09. The van der Waals surface area contributed by atoms with Crippen LogP contribution in [0.3, 0.4) is 0 Å². The van der Waals surface area contributed by atoms with Crippen molar-refractivity contribution in [2.24, 2.45) is 14.1 Å². The van der Waals surface area contributed by atoms with E-state index in [0.29, 0.717) is 0 Å². The van der Waals surface area contributed by atoms with Crippen LogP contribution in [-0.2, 0) is 27.2 Å². The Kier molecular flexibility index (Phi) is 28.9. The number of halogens is 9. The van der Waals surface area contributed by atoms with E-state index < -0.39 is 14.5 Å². The quantitative estimate of drug-likeness (QED) is 0.0764. The molecule has 0 aromatic carbocycles. The van der Waals surface area contributed by atoms with Crippen LogP contribution < -0.4 is 9.13 Å². The molecule has 0 fully saturated rings. The molecule has 0 unspecified atom stereocenters. The number of imidazole rings is 2. The second kappa shape index (κ2) is 27.1. The number of hydrogen-bond acceptors (Lipinski definition) is 0. The Morgan fingerprint density at radius 1 is 0.488 bits per heavy atom. The van der Waals surface area contributed by atoms with Crippen LogP contribution in [0.1, 0.15) is 104 Å². The Bertz CT molecular complexity index is 794. The maximum atomic E-state index is 9.75. The standard InChI is InChI=1S/C14H27N2.C12H23N2.2BF4.ClH/c1-3-4-5-6-7-8-9-10-11-16-13-12-15(2)14-16;1-3-4-5-6-7-8-9-14-11-10-13(2)12-14;2*2-1(3,4)5;/h12-14H,3-11H2,1-2H3;10-12H,3-9H2,1-2H3;;;1H/q2*+1;2*-1;. The van der Waals surface area contributed by atoms with Crippen LogP contribution in [-0.4, -0.2) is 23.6 Å². The third-order valence-electron chi connectivity index (χ3n) is 5.69. The molecular weight excluding hydrogens is 577 g/mol. The molecule has 2 rings (SSSR count). The van der Waals surface area contributed by atoms with Crippen molar-refractivity contribution in [2.75, 3.05) is 0 Å². The van der Waals surface area contributed by atoms with Gasteiger partial charge in [-0.05, 0) is 25.7 Å². The van der Waals surface area contributed by atoms with E-state index in [1.165, 1.54) is 103 Å². The van der Waals surface area contributed by atoms with Crippen LogP contribution in [0.4, 0.5) is 34.5 Å². The van der Waals surface area contributed by atoms with Gasteiger partial charge in [0, 0.05) is 0 Å². The minimum Gasteiger partial charge on any atom is -0.418 e. The van der Waals surface area contributed by atoms with Crippen molar-refractivity contribution in [3.8, 4) is 0 Å². The third-order valence-corrected chi connectivity index (χ3v) is 5.69. The molecule has 15 heteroatoms. The summed E-state index contributed by atoms with van der Waals surface area (Å²) in [5.74, 6) is 0. The highest BCUT2D eigenvalue weighted by atomic mass is 35.5. The van der Waals surface area contributed by atoms with E-state index in [1.54, 1.807) is 0 Å². The van der Waals surface area contributed by atoms with E-state index in [9.17, 15) is 34.5 Å². The average Bonchev–Trinajstić information content (AvgIpc) is 3.43. The third kappa shape index (κ3) is 42.9. The summed E-state index contributed by atoms with van der Waals surface area (Å²) in [5, 5.41) is 0. The van der Waals surface area contributed by atoms with Gasteiger partial charge >= 0.3 is 14.5 Å². The number of aryl methyl sites for hydroxylation is 4. The van der Waals surface area contributed by atoms with Gasteiger partial charge in [-0.2, -0.15) is 0 Å². The van der Waals surface area contributed by atoms with Crippen molar-refractivity contribution in [1.82, 2.24) is 9.13 Å². The molecule has 2 aromatic rings. The smallest absolute Gasteiger partial charge is 0.418 e. The first-order valence-electron chi connectivity index (χ1n) is 14.4. The van der Waals surface area contributed by atoms with Crippen molar-refractivity contribution in [1.29, 1.82) is 0 Å². The van der Waals surface area contributed by atoms with Gasteiger partial charge < -0.3 is 34.5 Å². The average molecular weight is 629 g/mol. The fraction of sp³-hybridized carbons (Fsp3) is 0.769. The molecule has 0 radical (unpaired) electrons. The molecular formula is C26H51B2ClF8N4. The predicted octanol–water partition coefficient (Wildman–Crippen LogP) is 9.15. The lowest BCUT2D eigenvalue weighted by molar-refractivity contribution is -0.671. The maximum Gasteiger partial charge on any atom is 0.673 e. The zero-order valence-corrected chi connectivity index (χ0v) is 26.0. The van der Waals surface area contributed by atoms with Gasteiger partial charge in [0.15, 0.2) is 0 Å². The summed E-state index contributed by atoms with van der Waals surface area (Å²) in [4.78, 5) is 0. The van der Waals surface area contributed by atoms with Crippen LogP contribution in [0.25, 0.3) is 0 Å². The molecule has 0 aliphatic heterocycles. The lowest BCUT2D eigenvalue weighted by atomic mass is 10.1. The number of rotatable bonds is 16. The zero-order valence-electron chi connectivity index (χ0n) is 25.2. The van der Waals surface area contributed by atoms with Crippen LogP contribution in [0.15, 0.2) is 37.4 Å². The molecule has 0 spiro atoms. The topological polar surface area (TPSA) is 17.6 Å². The van der Waals surface area contributed by atoms with Crippen molar-refractivity contribution >= 4 is 26.9 Å². The lowest BCUT2D eigenvalue weighted by Gasteiger charge is -2.00. The van der Waals surface area contributed by atoms with Gasteiger partial charge in [0.1, 0.15) is 24.8 Å². The Balaban J connectivity index is -0.000000525. The van der Waals surface area contributed by atoms with E-state index in [0.717, 1.165) is 0 Å². The maximum absolute atomic E-state index is 9.75. The Labute approximate surface area is 248 Å². The van der Waals surface area contributed by atoms with E-state index in [1.807, 2.05) is 0 Å². The Hall–Kier alpha value is -1.72. The molecule has 0 amide bonds. The first-order valence-corrected chi connectivity index (χ1v) is 14.4. The normalized spacial score (nSPS) is 10.8. The van der Waals surface area contributed by atoms with Gasteiger partial charge in [0.05, 0.1) is 27.2 Å². The summed E-state index contributed by atoms with van der Waals surface area (Å²) in [5.41, 5.74) is 0. The summed E-state index contributed by atoms with van der Waals surface area (Å²) in [7, 11) is -7.86. The summed E-state index contributed by atoms with van der Waals surface area (Å²) in [6, 6.07) is 0. The summed E-state index contributed by atoms with van der Waals surface area (Å²) >= 11 is 0. The molecule has 4 nitrogen and oxygen atoms in total. The fourth-order valence-corrected chi connectivity index (χ4v) is 3.77. The van der Waals surface area contributed by atoms with E-state index >= 15 is 0 Å². The molecule has 0 bridgehead atoms. The van der Waals surface area contributed by atoms with E-state index in [-0.39, 0.29) is 12.4 Å². The first-order chi connectivity index (χ1) is 18.7. The number of hydrogen-bond donors (Lipinski definition) is 0. The van der Waals surface area contributed by atoms with Crippen LogP contribution in [0, 0.1) is 0 Å². The van der Waals surface area contributed by atoms with Gasteiger partial charge in [-0.25, -0.2) is 18.3 Å². The Morgan fingerprint density at radius 3 is 0.951 bits per heavy atom. The van der Waals surface area contributed by atoms with Crippen molar-refractivity contribution in [2.45, 2.75) is 117 Å². The minimum atomic E-state index is -6.00. The molecule has 0 saturated heterocycles. The zero-order chi connectivity index (χ0) is 30.9. The highest BCUT2D eigenvalue weighted by molar-refractivity contribution is 6.50. The summed E-state index contributed by atoms with van der Waals surface area (Å²) in [6.07, 6.45) is 32.2. The molecule has 0 atom stereocenters. The van der Waals surface area contributed by atoms with Crippen LogP contribution in [0.2, 0.25) is 0 Å². The van der Waals surface area contributed by atoms with Crippen LogP contribution >= 0.6 is 12.4 Å². The van der Waals surface area contributed by atoms with Gasteiger partial charge in [0.2, 0.25) is 12.7 Å². The fourth-order valence-electron chi connectivity index (χ4n) is 3.77. The van der Waals surface area contributed by atoms with Crippen LogP contribution in [0.5, 0.6) is 0 Å². The van der Waals surface area contributed by atoms with Crippen molar-refractivity contribution in [3.05, 3.63) is 37.4 Å². The molecule has 0 aliphatic rings. The monoisotopic (exact) mass is 628 g/mol. The van der Waals surface area contributed by atoms with Gasteiger partial charge in [0.25, 0.3) is 0 Å². The SMILES string of the molecule is CCCCCCCCCCn1cc[n+](C)c1.CCCCCCCCn1cc[n+](C)c1.Cl.F[B-](F)(F)F.F[B-](F)(F)F. The predicted molar refractivity (Wildman–Crippen MR) is 155 cm³/mol. The Morgan fingerprint density at radius 2 is 0.732 bits per heavy atom.